The fraction of sp³-hybridized carbons (Fsp3) is 0.812. The molecule has 2 nitrogen and oxygen atoms in total. The van der Waals surface area contributed by atoms with E-state index >= 15 is 0 Å². The van der Waals surface area contributed by atoms with E-state index in [0.717, 1.165) is 17.8 Å². The van der Waals surface area contributed by atoms with Crippen molar-refractivity contribution in [1.82, 2.24) is 0 Å². The van der Waals surface area contributed by atoms with E-state index in [0.29, 0.717) is 0 Å². The van der Waals surface area contributed by atoms with Crippen LogP contribution in [0.5, 0.6) is 0 Å². The van der Waals surface area contributed by atoms with Gasteiger partial charge >= 0.3 is 0 Å². The van der Waals surface area contributed by atoms with Gasteiger partial charge in [0.05, 0.1) is 0 Å². The summed E-state index contributed by atoms with van der Waals surface area (Å²) in [5.74, 6) is 1.08. The second kappa shape index (κ2) is 25.3. The second-order valence-corrected chi connectivity index (χ2v) is 4.26. The lowest BCUT2D eigenvalue weighted by atomic mass is 10.2. The minimum Gasteiger partial charge on any atom is -0.324 e. The van der Waals surface area contributed by atoms with Crippen molar-refractivity contribution in [2.24, 2.45) is 11.7 Å². The molecule has 0 aromatic carbocycles. The molecule has 1 aliphatic carbocycles. The summed E-state index contributed by atoms with van der Waals surface area (Å²) < 4.78 is 0. The van der Waals surface area contributed by atoms with Gasteiger partial charge in [0.25, 0.3) is 0 Å². The molecule has 1 unspecified atom stereocenters. The third-order valence-corrected chi connectivity index (χ3v) is 1.64. The van der Waals surface area contributed by atoms with Gasteiger partial charge in [-0.15, -0.1) is 0 Å². The van der Waals surface area contributed by atoms with Gasteiger partial charge in [-0.2, -0.15) is 0 Å². The highest BCUT2D eigenvalue weighted by molar-refractivity contribution is 5.44. The van der Waals surface area contributed by atoms with E-state index in [9.17, 15) is 0 Å². The average molecular weight is 259 g/mol. The fourth-order valence-corrected chi connectivity index (χ4v) is 0.167. The van der Waals surface area contributed by atoms with Crippen molar-refractivity contribution in [2.45, 2.75) is 80.7 Å². The van der Waals surface area contributed by atoms with Gasteiger partial charge in [0.15, 0.2) is 0 Å². The van der Waals surface area contributed by atoms with Crippen LogP contribution in [0.4, 0.5) is 0 Å². The summed E-state index contributed by atoms with van der Waals surface area (Å²) in [6.45, 7) is 19.4. The van der Waals surface area contributed by atoms with E-state index in [4.69, 9.17) is 10.5 Å². The minimum atomic E-state index is 0.157. The largest absolute Gasteiger partial charge is 0.324 e. The van der Waals surface area contributed by atoms with Crippen LogP contribution in [0.25, 0.3) is 0 Å². The zero-order valence-electron chi connectivity index (χ0n) is 14.0. The highest BCUT2D eigenvalue weighted by atomic mass is 16.1. The number of nitrogens with two attached hydrogens (primary N) is 1. The highest BCUT2D eigenvalue weighted by Gasteiger charge is 2.12. The molecule has 0 aromatic rings. The van der Waals surface area contributed by atoms with Crippen LogP contribution in [0, 0.1) is 5.92 Å². The second-order valence-electron chi connectivity index (χ2n) is 4.26. The molecule has 1 fully saturated rings. The normalized spacial score (nSPS) is 12.5. The Bertz CT molecular complexity index is 149. The average Bonchev–Trinajstić information content (AvgIpc) is 3.06. The van der Waals surface area contributed by atoms with Crippen LogP contribution in [0.3, 0.4) is 0 Å². The summed E-state index contributed by atoms with van der Waals surface area (Å²) >= 11 is 0. The maximum absolute atomic E-state index is 8.81. The van der Waals surface area contributed by atoms with Gasteiger partial charge in [-0.05, 0) is 26.7 Å². The van der Waals surface area contributed by atoms with E-state index in [1.165, 1.54) is 26.2 Å². The Labute approximate surface area is 116 Å². The lowest BCUT2D eigenvalue weighted by molar-refractivity contribution is -0.106. The van der Waals surface area contributed by atoms with E-state index < -0.39 is 0 Å². The zero-order chi connectivity index (χ0) is 15.6. The Morgan fingerprint density at radius 2 is 1.50 bits per heavy atom. The Morgan fingerprint density at radius 1 is 1.39 bits per heavy atom. The number of rotatable bonds is 1. The third-order valence-electron chi connectivity index (χ3n) is 1.64. The van der Waals surface area contributed by atoms with Crippen molar-refractivity contribution in [3.8, 4) is 0 Å². The van der Waals surface area contributed by atoms with Crippen molar-refractivity contribution in [1.29, 1.82) is 0 Å². The molecule has 112 valence electrons. The summed E-state index contributed by atoms with van der Waals surface area (Å²) in [5, 5.41) is 0. The fourth-order valence-electron chi connectivity index (χ4n) is 0.167. The molecule has 1 aliphatic rings. The molecule has 2 heteroatoms. The van der Waals surface area contributed by atoms with Crippen molar-refractivity contribution >= 4 is 6.29 Å². The smallest absolute Gasteiger partial charge is 0.116 e. The lowest BCUT2D eigenvalue weighted by Gasteiger charge is -1.98. The molecule has 0 bridgehead atoms. The van der Waals surface area contributed by atoms with Crippen LogP contribution in [0.15, 0.2) is 12.2 Å². The summed E-state index contributed by atoms with van der Waals surface area (Å²) in [6, 6.07) is 0.157. The molecular weight excluding hydrogens is 222 g/mol. The van der Waals surface area contributed by atoms with E-state index in [1.807, 2.05) is 27.7 Å². The molecule has 1 atom stereocenters. The Morgan fingerprint density at radius 3 is 1.50 bits per heavy atom. The Kier molecular flexibility index (Phi) is 36.6. The van der Waals surface area contributed by atoms with Crippen LogP contribution >= 0.6 is 0 Å². The molecule has 0 spiro atoms. The highest BCUT2D eigenvalue weighted by Crippen LogP contribution is 2.26. The monoisotopic (exact) mass is 259 g/mol. The molecule has 0 saturated heterocycles. The molecule has 18 heavy (non-hydrogen) atoms. The topological polar surface area (TPSA) is 43.1 Å². The standard InChI is InChI=1S/C5H11N.C4H8.C3H8.C2H4O.C2H6/c1-4(2)5(3)6;1-4-2-3-4;1-3-2;1-2-3;1-2/h5H,1,6H2,2-3H3;4H,2-3H2,1H3;3H2,1-2H3;2H,1H3;1-2H3. The SMILES string of the molecule is C=C(C)C(C)N.CC.CC1CC1.CC=O.CCC. The van der Waals surface area contributed by atoms with Gasteiger partial charge in [-0.3, -0.25) is 0 Å². The quantitative estimate of drug-likeness (QED) is 0.533. The maximum Gasteiger partial charge on any atom is 0.116 e. The van der Waals surface area contributed by atoms with Crippen LogP contribution in [0.1, 0.15) is 74.7 Å². The summed E-state index contributed by atoms with van der Waals surface area (Å²) in [4.78, 5) is 8.81. The van der Waals surface area contributed by atoms with Gasteiger partial charge < -0.3 is 10.5 Å². The van der Waals surface area contributed by atoms with E-state index in [1.54, 1.807) is 0 Å². The number of carbonyl (C=O) groups excluding carboxylic acids is 1. The lowest BCUT2D eigenvalue weighted by Crippen LogP contribution is -2.14. The zero-order valence-corrected chi connectivity index (χ0v) is 14.0. The third kappa shape index (κ3) is 78.2. The van der Waals surface area contributed by atoms with Gasteiger partial charge in [-0.1, -0.05) is 66.0 Å². The molecule has 0 heterocycles. The van der Waals surface area contributed by atoms with Crippen LogP contribution in [-0.4, -0.2) is 12.3 Å². The number of hydrogen-bond donors (Lipinski definition) is 1. The van der Waals surface area contributed by atoms with Crippen LogP contribution < -0.4 is 5.73 Å². The van der Waals surface area contributed by atoms with Gasteiger partial charge in [0.2, 0.25) is 0 Å². The summed E-state index contributed by atoms with van der Waals surface area (Å²) in [7, 11) is 0. The number of hydrogen-bond acceptors (Lipinski definition) is 2. The van der Waals surface area contributed by atoms with Crippen molar-refractivity contribution in [3.05, 3.63) is 12.2 Å². The van der Waals surface area contributed by atoms with Crippen molar-refractivity contribution in [3.63, 3.8) is 0 Å². The van der Waals surface area contributed by atoms with Gasteiger partial charge in [-0.25, -0.2) is 0 Å². The molecule has 1 rings (SSSR count). The van der Waals surface area contributed by atoms with Gasteiger partial charge in [0, 0.05) is 6.04 Å². The number of aldehydes is 1. The molecule has 0 radical (unpaired) electrons. The number of carbonyl (C=O) groups is 1. The Balaban J connectivity index is -0.0000000722. The molecule has 2 N–H and O–H groups in total. The predicted octanol–water partition coefficient (Wildman–Crippen LogP) is 4.97. The molecular formula is C16H37NO. The predicted molar refractivity (Wildman–Crippen MR) is 85.9 cm³/mol. The first-order valence-electron chi connectivity index (χ1n) is 7.17. The van der Waals surface area contributed by atoms with E-state index in [2.05, 4.69) is 27.4 Å². The minimum absolute atomic E-state index is 0.157. The maximum atomic E-state index is 8.81. The van der Waals surface area contributed by atoms with Crippen molar-refractivity contribution < 1.29 is 4.79 Å². The molecule has 0 amide bonds. The van der Waals surface area contributed by atoms with E-state index in [-0.39, 0.29) is 6.04 Å². The van der Waals surface area contributed by atoms with Crippen LogP contribution in [-0.2, 0) is 4.79 Å². The van der Waals surface area contributed by atoms with Crippen LogP contribution in [0.2, 0.25) is 0 Å². The van der Waals surface area contributed by atoms with Crippen molar-refractivity contribution in [2.75, 3.05) is 0 Å². The van der Waals surface area contributed by atoms with Gasteiger partial charge in [0.1, 0.15) is 6.29 Å². The Hall–Kier alpha value is -0.630. The molecule has 1 saturated carbocycles. The molecule has 0 aromatic heterocycles. The summed E-state index contributed by atoms with van der Waals surface area (Å²) in [6.07, 6.45) is 4.97. The molecule has 0 aliphatic heterocycles. The first kappa shape index (κ1) is 26.0. The first-order valence-corrected chi connectivity index (χ1v) is 7.17. The first-order chi connectivity index (χ1) is 8.37. The summed E-state index contributed by atoms with van der Waals surface area (Å²) in [5.41, 5.74) is 6.37.